The van der Waals surface area contributed by atoms with Crippen LogP contribution in [0, 0.1) is 0 Å². The lowest BCUT2D eigenvalue weighted by atomic mass is 10.1. The summed E-state index contributed by atoms with van der Waals surface area (Å²) in [5.74, 6) is -0.129. The van der Waals surface area contributed by atoms with E-state index in [0.717, 1.165) is 10.6 Å². The number of benzene rings is 1. The molecule has 8 heteroatoms. The van der Waals surface area contributed by atoms with Gasteiger partial charge in [0.25, 0.3) is 0 Å². The van der Waals surface area contributed by atoms with Gasteiger partial charge < -0.3 is 16.0 Å². The SMILES string of the molecule is CC(=O)Nc1ccc2c(c1)N1C(=S)N(C(N)=O)CC1C(C)S2. The fourth-order valence-corrected chi connectivity index (χ4v) is 4.40. The molecule has 2 atom stereocenters. The number of primary amides is 1. The van der Waals surface area contributed by atoms with Gasteiger partial charge >= 0.3 is 6.03 Å². The molecule has 0 aromatic heterocycles. The highest BCUT2D eigenvalue weighted by Crippen LogP contribution is 2.45. The van der Waals surface area contributed by atoms with Gasteiger partial charge in [0.05, 0.1) is 18.3 Å². The Bertz CT molecular complexity index is 679. The number of carbonyl (C=O) groups excluding carboxylic acids is 2. The first-order valence-corrected chi connectivity index (χ1v) is 8.15. The van der Waals surface area contributed by atoms with Crippen LogP contribution in [0.4, 0.5) is 16.2 Å². The zero-order chi connectivity index (χ0) is 16.0. The van der Waals surface area contributed by atoms with E-state index >= 15 is 0 Å². The van der Waals surface area contributed by atoms with Crippen molar-refractivity contribution in [1.29, 1.82) is 0 Å². The summed E-state index contributed by atoms with van der Waals surface area (Å²) < 4.78 is 0. The van der Waals surface area contributed by atoms with Crippen molar-refractivity contribution in [3.8, 4) is 0 Å². The highest BCUT2D eigenvalue weighted by Gasteiger charge is 2.44. The molecule has 6 nitrogen and oxygen atoms in total. The summed E-state index contributed by atoms with van der Waals surface area (Å²) in [6.45, 7) is 4.07. The summed E-state index contributed by atoms with van der Waals surface area (Å²) in [5, 5.41) is 3.47. The molecule has 116 valence electrons. The van der Waals surface area contributed by atoms with Crippen LogP contribution in [-0.2, 0) is 4.79 Å². The van der Waals surface area contributed by atoms with Gasteiger partial charge in [0.1, 0.15) is 0 Å². The highest BCUT2D eigenvalue weighted by molar-refractivity contribution is 8.00. The van der Waals surface area contributed by atoms with Crippen LogP contribution in [-0.4, -0.2) is 39.8 Å². The number of rotatable bonds is 1. The lowest BCUT2D eigenvalue weighted by molar-refractivity contribution is -0.114. The maximum absolute atomic E-state index is 11.6. The molecule has 0 bridgehead atoms. The monoisotopic (exact) mass is 336 g/mol. The van der Waals surface area contributed by atoms with E-state index in [9.17, 15) is 9.59 Å². The fourth-order valence-electron chi connectivity index (χ4n) is 2.81. The van der Waals surface area contributed by atoms with Gasteiger partial charge in [-0.15, -0.1) is 11.8 Å². The lowest BCUT2D eigenvalue weighted by Crippen LogP contribution is -2.43. The molecule has 3 rings (SSSR count). The largest absolute Gasteiger partial charge is 0.351 e. The second-order valence-electron chi connectivity index (χ2n) is 5.36. The number of nitrogens with zero attached hydrogens (tertiary/aromatic N) is 2. The quantitative estimate of drug-likeness (QED) is 0.767. The van der Waals surface area contributed by atoms with Crippen LogP contribution in [0.3, 0.4) is 0 Å². The number of nitrogens with one attached hydrogen (secondary N) is 1. The minimum absolute atomic E-state index is 0.0880. The van der Waals surface area contributed by atoms with Crippen LogP contribution < -0.4 is 16.0 Å². The molecule has 22 heavy (non-hydrogen) atoms. The van der Waals surface area contributed by atoms with E-state index in [0.29, 0.717) is 17.3 Å². The molecule has 1 aromatic carbocycles. The van der Waals surface area contributed by atoms with E-state index < -0.39 is 6.03 Å². The molecule has 0 radical (unpaired) electrons. The average molecular weight is 336 g/mol. The maximum Gasteiger partial charge on any atom is 0.321 e. The molecule has 1 saturated heterocycles. The molecule has 2 unspecified atom stereocenters. The van der Waals surface area contributed by atoms with Crippen molar-refractivity contribution in [3.63, 3.8) is 0 Å². The Morgan fingerprint density at radius 3 is 2.82 bits per heavy atom. The molecule has 0 saturated carbocycles. The standard InChI is InChI=1S/C14H16N4O2S2/c1-7-11-6-17(13(15)20)14(21)18(11)10-5-9(16-8(2)19)3-4-12(10)22-7/h3-5,7,11H,6H2,1-2H3,(H2,15,20)(H,16,19). The zero-order valence-corrected chi connectivity index (χ0v) is 13.8. The number of urea groups is 1. The fraction of sp³-hybridized carbons (Fsp3) is 0.357. The number of hydrogen-bond donors (Lipinski definition) is 2. The van der Waals surface area contributed by atoms with Gasteiger partial charge in [0.2, 0.25) is 5.91 Å². The number of fused-ring (bicyclic) bond motifs is 3. The van der Waals surface area contributed by atoms with Crippen LogP contribution in [0.15, 0.2) is 23.1 Å². The number of amides is 3. The smallest absolute Gasteiger partial charge is 0.321 e. The number of nitrogens with two attached hydrogens (primary N) is 1. The lowest BCUT2D eigenvalue weighted by Gasteiger charge is -2.36. The van der Waals surface area contributed by atoms with Gasteiger partial charge in [-0.2, -0.15) is 0 Å². The summed E-state index contributed by atoms with van der Waals surface area (Å²) in [6, 6.07) is 5.28. The summed E-state index contributed by atoms with van der Waals surface area (Å²) in [7, 11) is 0. The Labute approximate surface area is 138 Å². The number of carbonyl (C=O) groups is 2. The summed E-state index contributed by atoms with van der Waals surface area (Å²) in [4.78, 5) is 27.3. The number of thiocarbonyl (C=S) groups is 1. The van der Waals surface area contributed by atoms with Crippen molar-refractivity contribution < 1.29 is 9.59 Å². The molecular weight excluding hydrogens is 320 g/mol. The van der Waals surface area contributed by atoms with Crippen LogP contribution in [0.5, 0.6) is 0 Å². The minimum Gasteiger partial charge on any atom is -0.351 e. The predicted molar refractivity (Wildman–Crippen MR) is 91.2 cm³/mol. The Morgan fingerprint density at radius 1 is 1.45 bits per heavy atom. The second kappa shape index (κ2) is 5.44. The molecule has 1 fully saturated rings. The third-order valence-corrected chi connectivity index (χ3v) is 5.50. The summed E-state index contributed by atoms with van der Waals surface area (Å²) >= 11 is 7.17. The normalized spacial score (nSPS) is 23.1. The molecule has 2 aliphatic rings. The van der Waals surface area contributed by atoms with Crippen molar-refractivity contribution in [2.75, 3.05) is 16.8 Å². The topological polar surface area (TPSA) is 78.7 Å². The second-order valence-corrected chi connectivity index (χ2v) is 7.14. The Balaban J connectivity index is 2.03. The van der Waals surface area contributed by atoms with E-state index in [2.05, 4.69) is 12.2 Å². The van der Waals surface area contributed by atoms with E-state index in [1.807, 2.05) is 23.1 Å². The highest BCUT2D eigenvalue weighted by atomic mass is 32.2. The van der Waals surface area contributed by atoms with Gasteiger partial charge in [-0.1, -0.05) is 6.92 Å². The van der Waals surface area contributed by atoms with Crippen LogP contribution in [0.1, 0.15) is 13.8 Å². The Morgan fingerprint density at radius 2 is 2.18 bits per heavy atom. The number of anilines is 2. The van der Waals surface area contributed by atoms with Crippen molar-refractivity contribution in [3.05, 3.63) is 18.2 Å². The average Bonchev–Trinajstić information content (AvgIpc) is 2.78. The van der Waals surface area contributed by atoms with Gasteiger partial charge in [0.15, 0.2) is 5.11 Å². The molecular formula is C14H16N4O2S2. The van der Waals surface area contributed by atoms with Crippen molar-refractivity contribution in [2.24, 2.45) is 5.73 Å². The Kier molecular flexibility index (Phi) is 3.73. The number of hydrogen-bond acceptors (Lipinski definition) is 4. The number of thioether (sulfide) groups is 1. The molecule has 3 amide bonds. The molecule has 2 aliphatic heterocycles. The van der Waals surface area contributed by atoms with Crippen molar-refractivity contribution in [1.82, 2.24) is 4.90 Å². The first-order valence-electron chi connectivity index (χ1n) is 6.87. The Hall–Kier alpha value is -1.80. The first-order chi connectivity index (χ1) is 10.4. The minimum atomic E-state index is -0.531. The van der Waals surface area contributed by atoms with Crippen molar-refractivity contribution in [2.45, 2.75) is 30.0 Å². The van der Waals surface area contributed by atoms with Crippen LogP contribution in [0.25, 0.3) is 0 Å². The molecule has 0 aliphatic carbocycles. The van der Waals surface area contributed by atoms with E-state index in [1.165, 1.54) is 11.8 Å². The van der Waals surface area contributed by atoms with E-state index in [-0.39, 0.29) is 17.2 Å². The molecule has 1 aromatic rings. The third-order valence-electron chi connectivity index (χ3n) is 3.80. The van der Waals surface area contributed by atoms with Gasteiger partial charge in [-0.05, 0) is 30.4 Å². The van der Waals surface area contributed by atoms with Gasteiger partial charge in [-0.25, -0.2) is 4.79 Å². The first kappa shape index (κ1) is 15.1. The predicted octanol–water partition coefficient (Wildman–Crippen LogP) is 1.99. The van der Waals surface area contributed by atoms with Crippen LogP contribution in [0.2, 0.25) is 0 Å². The van der Waals surface area contributed by atoms with Crippen molar-refractivity contribution >= 4 is 52.4 Å². The third kappa shape index (κ3) is 2.42. The van der Waals surface area contributed by atoms with Crippen LogP contribution >= 0.6 is 24.0 Å². The molecule has 0 spiro atoms. The summed E-state index contributed by atoms with van der Waals surface area (Å²) in [5.41, 5.74) is 7.03. The van der Waals surface area contributed by atoms with Gasteiger partial charge in [-0.3, -0.25) is 9.69 Å². The van der Waals surface area contributed by atoms with E-state index in [1.54, 1.807) is 11.8 Å². The van der Waals surface area contributed by atoms with Gasteiger partial charge in [0, 0.05) is 22.8 Å². The molecule has 3 N–H and O–H groups in total. The molecule has 2 heterocycles. The maximum atomic E-state index is 11.6. The summed E-state index contributed by atoms with van der Waals surface area (Å²) in [6.07, 6.45) is 0. The zero-order valence-electron chi connectivity index (χ0n) is 12.2. The van der Waals surface area contributed by atoms with E-state index in [4.69, 9.17) is 18.0 Å².